The fourth-order valence-electron chi connectivity index (χ4n) is 2.52. The summed E-state index contributed by atoms with van der Waals surface area (Å²) in [4.78, 5) is 58.8. The zero-order chi connectivity index (χ0) is 23.4. The summed E-state index contributed by atoms with van der Waals surface area (Å²) in [5.74, 6) is -4.00. The van der Waals surface area contributed by atoms with Gasteiger partial charge in [0.15, 0.2) is 0 Å². The van der Waals surface area contributed by atoms with Gasteiger partial charge in [-0.15, -0.1) is 0 Å². The van der Waals surface area contributed by atoms with Gasteiger partial charge in [0, 0.05) is 18.6 Å². The van der Waals surface area contributed by atoms with Crippen molar-refractivity contribution in [3.63, 3.8) is 0 Å². The van der Waals surface area contributed by atoms with Crippen molar-refractivity contribution >= 4 is 42.2 Å². The Kier molecular flexibility index (Phi) is 11.1. The number of amides is 4. The van der Waals surface area contributed by atoms with Crippen molar-refractivity contribution in [1.29, 1.82) is 0 Å². The quantitative estimate of drug-likeness (QED) is 0.166. The number of benzene rings is 1. The molecule has 3 unspecified atom stereocenters. The molecule has 0 aliphatic carbocycles. The van der Waals surface area contributed by atoms with Crippen molar-refractivity contribution < 1.29 is 29.1 Å². The lowest BCUT2D eigenvalue weighted by molar-refractivity contribution is -0.138. The normalized spacial score (nSPS) is 13.4. The first-order chi connectivity index (χ1) is 14.6. The van der Waals surface area contributed by atoms with Gasteiger partial charge in [0.25, 0.3) is 0 Å². The fraction of sp³-hybridized carbons (Fsp3) is 0.421. The third kappa shape index (κ3) is 9.96. The third-order valence-corrected chi connectivity index (χ3v) is 4.55. The number of rotatable bonds is 13. The van der Waals surface area contributed by atoms with Gasteiger partial charge in [0.1, 0.15) is 18.6 Å². The first kappa shape index (κ1) is 25.9. The lowest BCUT2D eigenvalue weighted by atomic mass is 10.0. The molecule has 8 N–H and O–H groups in total. The molecular formula is C19H27N5O6S. The Labute approximate surface area is 184 Å². The van der Waals surface area contributed by atoms with Crippen molar-refractivity contribution in [2.75, 3.05) is 12.3 Å². The molecule has 1 aromatic rings. The van der Waals surface area contributed by atoms with Crippen LogP contribution in [0.4, 0.5) is 0 Å². The van der Waals surface area contributed by atoms with E-state index in [-0.39, 0.29) is 25.0 Å². The highest BCUT2D eigenvalue weighted by molar-refractivity contribution is 7.80. The molecule has 4 amide bonds. The maximum atomic E-state index is 12.7. The number of nitrogens with one attached hydrogen (secondary N) is 3. The summed E-state index contributed by atoms with van der Waals surface area (Å²) in [5.41, 5.74) is 11.5. The predicted molar refractivity (Wildman–Crippen MR) is 115 cm³/mol. The average molecular weight is 454 g/mol. The van der Waals surface area contributed by atoms with Gasteiger partial charge in [-0.25, -0.2) is 0 Å². The SMILES string of the molecule is NC(=O)CCC(N)C(=O)NC(CS)C(=O)NC(Cc1ccccc1)C(=O)NCC(=O)O. The summed E-state index contributed by atoms with van der Waals surface area (Å²) < 4.78 is 0. The molecule has 0 saturated carbocycles. The van der Waals surface area contributed by atoms with Crippen LogP contribution in [0.2, 0.25) is 0 Å². The Morgan fingerprint density at radius 2 is 1.58 bits per heavy atom. The van der Waals surface area contributed by atoms with Crippen LogP contribution in [0.1, 0.15) is 18.4 Å². The summed E-state index contributed by atoms with van der Waals surface area (Å²) in [6.45, 7) is -0.610. The van der Waals surface area contributed by atoms with E-state index in [1.54, 1.807) is 30.3 Å². The van der Waals surface area contributed by atoms with Crippen LogP contribution in [-0.2, 0) is 30.4 Å². The Balaban J connectivity index is 2.83. The smallest absolute Gasteiger partial charge is 0.322 e. The summed E-state index contributed by atoms with van der Waals surface area (Å²) in [6, 6.07) is 5.55. The highest BCUT2D eigenvalue weighted by atomic mass is 32.1. The number of hydrogen-bond acceptors (Lipinski definition) is 7. The van der Waals surface area contributed by atoms with Crippen LogP contribution in [0, 0.1) is 0 Å². The van der Waals surface area contributed by atoms with Crippen molar-refractivity contribution in [3.8, 4) is 0 Å². The second kappa shape index (κ2) is 13.2. The Morgan fingerprint density at radius 1 is 0.968 bits per heavy atom. The molecule has 0 spiro atoms. The second-order valence-electron chi connectivity index (χ2n) is 6.72. The molecule has 170 valence electrons. The van der Waals surface area contributed by atoms with Gasteiger partial charge in [-0.1, -0.05) is 30.3 Å². The van der Waals surface area contributed by atoms with E-state index in [9.17, 15) is 24.0 Å². The molecule has 31 heavy (non-hydrogen) atoms. The number of nitrogens with two attached hydrogens (primary N) is 2. The molecule has 0 heterocycles. The Morgan fingerprint density at radius 3 is 2.13 bits per heavy atom. The molecule has 1 rings (SSSR count). The summed E-state index contributed by atoms with van der Waals surface area (Å²) in [6.07, 6.45) is 0.0227. The monoisotopic (exact) mass is 453 g/mol. The fourth-order valence-corrected chi connectivity index (χ4v) is 2.78. The molecule has 0 radical (unpaired) electrons. The molecule has 12 heteroatoms. The highest BCUT2D eigenvalue weighted by Crippen LogP contribution is 2.05. The minimum atomic E-state index is -1.23. The first-order valence-electron chi connectivity index (χ1n) is 9.43. The molecule has 0 aliphatic heterocycles. The minimum absolute atomic E-state index is 0.0102. The van der Waals surface area contributed by atoms with E-state index >= 15 is 0 Å². The third-order valence-electron chi connectivity index (χ3n) is 4.18. The van der Waals surface area contributed by atoms with Gasteiger partial charge in [-0.05, 0) is 12.0 Å². The Bertz CT molecular complexity index is 791. The van der Waals surface area contributed by atoms with E-state index in [0.717, 1.165) is 5.56 Å². The van der Waals surface area contributed by atoms with E-state index in [0.29, 0.717) is 0 Å². The number of carbonyl (C=O) groups is 5. The standard InChI is InChI=1S/C19H27N5O6S/c20-12(6-7-15(21)25)17(28)24-14(10-31)19(30)23-13(18(29)22-9-16(26)27)8-11-4-2-1-3-5-11/h1-5,12-14,31H,6-10,20H2,(H2,21,25)(H,22,29)(H,23,30)(H,24,28)(H,26,27). The van der Waals surface area contributed by atoms with Gasteiger partial charge >= 0.3 is 5.97 Å². The highest BCUT2D eigenvalue weighted by Gasteiger charge is 2.27. The molecule has 11 nitrogen and oxygen atoms in total. The second-order valence-corrected chi connectivity index (χ2v) is 7.08. The van der Waals surface area contributed by atoms with Crippen LogP contribution in [0.5, 0.6) is 0 Å². The van der Waals surface area contributed by atoms with Gasteiger partial charge < -0.3 is 32.5 Å². The predicted octanol–water partition coefficient (Wildman–Crippen LogP) is -2.08. The zero-order valence-electron chi connectivity index (χ0n) is 16.7. The van der Waals surface area contributed by atoms with E-state index in [4.69, 9.17) is 16.6 Å². The lowest BCUT2D eigenvalue weighted by Crippen LogP contribution is -2.57. The van der Waals surface area contributed by atoms with Crippen LogP contribution in [0.25, 0.3) is 0 Å². The summed E-state index contributed by atoms with van der Waals surface area (Å²) in [5, 5.41) is 15.9. The van der Waals surface area contributed by atoms with Crippen LogP contribution in [-0.4, -0.2) is 65.1 Å². The van der Waals surface area contributed by atoms with E-state index in [1.165, 1.54) is 0 Å². The van der Waals surface area contributed by atoms with Gasteiger partial charge in [-0.3, -0.25) is 24.0 Å². The van der Waals surface area contributed by atoms with Crippen molar-refractivity contribution in [2.45, 2.75) is 37.4 Å². The Hall–Kier alpha value is -3.12. The largest absolute Gasteiger partial charge is 0.480 e. The van der Waals surface area contributed by atoms with Crippen LogP contribution < -0.4 is 27.4 Å². The van der Waals surface area contributed by atoms with E-state index in [1.807, 2.05) is 0 Å². The molecule has 0 aliphatic rings. The summed E-state index contributed by atoms with van der Waals surface area (Å²) in [7, 11) is 0. The van der Waals surface area contributed by atoms with Crippen molar-refractivity contribution in [3.05, 3.63) is 35.9 Å². The molecule has 3 atom stereocenters. The first-order valence-corrected chi connectivity index (χ1v) is 10.1. The van der Waals surface area contributed by atoms with E-state index < -0.39 is 54.3 Å². The minimum Gasteiger partial charge on any atom is -0.480 e. The molecule has 0 saturated heterocycles. The molecule has 1 aromatic carbocycles. The van der Waals surface area contributed by atoms with Crippen molar-refractivity contribution in [1.82, 2.24) is 16.0 Å². The lowest BCUT2D eigenvalue weighted by Gasteiger charge is -2.23. The number of primary amides is 1. The van der Waals surface area contributed by atoms with Gasteiger partial charge in [0.05, 0.1) is 6.04 Å². The van der Waals surface area contributed by atoms with Crippen LogP contribution >= 0.6 is 12.6 Å². The van der Waals surface area contributed by atoms with Gasteiger partial charge in [-0.2, -0.15) is 12.6 Å². The van der Waals surface area contributed by atoms with Crippen LogP contribution in [0.15, 0.2) is 30.3 Å². The number of carboxylic acids is 1. The van der Waals surface area contributed by atoms with Crippen molar-refractivity contribution in [2.24, 2.45) is 11.5 Å². The maximum Gasteiger partial charge on any atom is 0.322 e. The average Bonchev–Trinajstić information content (AvgIpc) is 2.73. The number of carbonyl (C=O) groups excluding carboxylic acids is 4. The topological polar surface area (TPSA) is 194 Å². The number of carboxylic acid groups (broad SMARTS) is 1. The number of thiol groups is 1. The van der Waals surface area contributed by atoms with E-state index in [2.05, 4.69) is 28.6 Å². The number of hydrogen-bond donors (Lipinski definition) is 7. The number of aliphatic carboxylic acids is 1. The van der Waals surface area contributed by atoms with Crippen LogP contribution in [0.3, 0.4) is 0 Å². The summed E-state index contributed by atoms with van der Waals surface area (Å²) >= 11 is 4.06. The molecular weight excluding hydrogens is 426 g/mol. The zero-order valence-corrected chi connectivity index (χ0v) is 17.6. The molecule has 0 aromatic heterocycles. The molecule has 0 fully saturated rings. The van der Waals surface area contributed by atoms with Gasteiger partial charge in [0.2, 0.25) is 23.6 Å². The molecule has 0 bridgehead atoms. The maximum absolute atomic E-state index is 12.7.